The molecule has 0 spiro atoms. The van der Waals surface area contributed by atoms with Gasteiger partial charge in [-0.05, 0) is 31.8 Å². The van der Waals surface area contributed by atoms with Crippen LogP contribution in [-0.4, -0.2) is 35.8 Å². The SMILES string of the molecule is CN(C)C[C@@H](O)c1ccc(O)cc1. The van der Waals surface area contributed by atoms with Crippen LogP contribution in [-0.2, 0) is 0 Å². The zero-order valence-electron chi connectivity index (χ0n) is 7.94. The van der Waals surface area contributed by atoms with E-state index in [9.17, 15) is 5.11 Å². The van der Waals surface area contributed by atoms with Gasteiger partial charge in [-0.1, -0.05) is 12.1 Å². The molecule has 0 amide bonds. The van der Waals surface area contributed by atoms with Crippen LogP contribution < -0.4 is 0 Å². The first-order valence-corrected chi connectivity index (χ1v) is 4.21. The summed E-state index contributed by atoms with van der Waals surface area (Å²) in [4.78, 5) is 1.91. The van der Waals surface area contributed by atoms with Crippen molar-refractivity contribution in [1.29, 1.82) is 0 Å². The third-order valence-corrected chi connectivity index (χ3v) is 1.82. The number of nitrogens with zero attached hydrogens (tertiary/aromatic N) is 1. The Labute approximate surface area is 78.2 Å². The Hall–Kier alpha value is -1.06. The van der Waals surface area contributed by atoms with E-state index in [1.54, 1.807) is 24.3 Å². The number of hydrogen-bond donors (Lipinski definition) is 2. The minimum Gasteiger partial charge on any atom is -0.508 e. The monoisotopic (exact) mass is 181 g/mol. The van der Waals surface area contributed by atoms with Gasteiger partial charge >= 0.3 is 0 Å². The van der Waals surface area contributed by atoms with Crippen molar-refractivity contribution >= 4 is 0 Å². The molecule has 0 aliphatic heterocycles. The van der Waals surface area contributed by atoms with Gasteiger partial charge in [0.15, 0.2) is 0 Å². The van der Waals surface area contributed by atoms with E-state index in [2.05, 4.69) is 0 Å². The highest BCUT2D eigenvalue weighted by atomic mass is 16.3. The van der Waals surface area contributed by atoms with E-state index in [4.69, 9.17) is 5.11 Å². The molecule has 3 heteroatoms. The van der Waals surface area contributed by atoms with Crippen LogP contribution in [0.25, 0.3) is 0 Å². The molecule has 0 heterocycles. The van der Waals surface area contributed by atoms with Crippen LogP contribution in [0, 0.1) is 0 Å². The van der Waals surface area contributed by atoms with Gasteiger partial charge in [-0.15, -0.1) is 0 Å². The lowest BCUT2D eigenvalue weighted by Crippen LogP contribution is -2.19. The molecule has 0 aliphatic carbocycles. The molecule has 0 aliphatic rings. The van der Waals surface area contributed by atoms with Crippen molar-refractivity contribution in [2.75, 3.05) is 20.6 Å². The predicted octanol–water partition coefficient (Wildman–Crippen LogP) is 0.987. The zero-order valence-corrected chi connectivity index (χ0v) is 7.94. The third-order valence-electron chi connectivity index (χ3n) is 1.82. The standard InChI is InChI=1S/C10H15NO2/c1-11(2)7-10(13)8-3-5-9(12)6-4-8/h3-6,10,12-13H,7H2,1-2H3/t10-/m1/s1. The number of aromatic hydroxyl groups is 1. The molecular formula is C10H15NO2. The molecule has 13 heavy (non-hydrogen) atoms. The maximum Gasteiger partial charge on any atom is 0.115 e. The van der Waals surface area contributed by atoms with Gasteiger partial charge in [-0.25, -0.2) is 0 Å². The minimum absolute atomic E-state index is 0.223. The van der Waals surface area contributed by atoms with Crippen LogP contribution in [0.4, 0.5) is 0 Å². The van der Waals surface area contributed by atoms with Gasteiger partial charge in [0.1, 0.15) is 5.75 Å². The summed E-state index contributed by atoms with van der Waals surface area (Å²) < 4.78 is 0. The van der Waals surface area contributed by atoms with Gasteiger partial charge in [0.2, 0.25) is 0 Å². The summed E-state index contributed by atoms with van der Waals surface area (Å²) in [6, 6.07) is 6.61. The summed E-state index contributed by atoms with van der Waals surface area (Å²) in [5.74, 6) is 0.223. The smallest absolute Gasteiger partial charge is 0.115 e. The molecular weight excluding hydrogens is 166 g/mol. The number of aliphatic hydroxyl groups excluding tert-OH is 1. The van der Waals surface area contributed by atoms with Crippen molar-refractivity contribution in [2.45, 2.75) is 6.10 Å². The van der Waals surface area contributed by atoms with Gasteiger partial charge < -0.3 is 15.1 Å². The van der Waals surface area contributed by atoms with Crippen molar-refractivity contribution in [3.05, 3.63) is 29.8 Å². The summed E-state index contributed by atoms with van der Waals surface area (Å²) in [5.41, 5.74) is 0.825. The Morgan fingerprint density at radius 2 is 1.77 bits per heavy atom. The first-order valence-electron chi connectivity index (χ1n) is 4.21. The van der Waals surface area contributed by atoms with Crippen molar-refractivity contribution < 1.29 is 10.2 Å². The topological polar surface area (TPSA) is 43.7 Å². The molecule has 72 valence electrons. The second kappa shape index (κ2) is 4.25. The van der Waals surface area contributed by atoms with Crippen LogP contribution in [0.2, 0.25) is 0 Å². The molecule has 0 aromatic heterocycles. The predicted molar refractivity (Wildman–Crippen MR) is 51.6 cm³/mol. The number of hydrogen-bond acceptors (Lipinski definition) is 3. The van der Waals surface area contributed by atoms with Gasteiger partial charge in [-0.3, -0.25) is 0 Å². The Balaban J connectivity index is 2.66. The molecule has 1 atom stereocenters. The Kier molecular flexibility index (Phi) is 3.28. The summed E-state index contributed by atoms with van der Waals surface area (Å²) >= 11 is 0. The van der Waals surface area contributed by atoms with E-state index in [1.165, 1.54) is 0 Å². The first-order chi connectivity index (χ1) is 6.09. The lowest BCUT2D eigenvalue weighted by atomic mass is 10.1. The lowest BCUT2D eigenvalue weighted by molar-refractivity contribution is 0.138. The average Bonchev–Trinajstić information content (AvgIpc) is 2.04. The van der Waals surface area contributed by atoms with Crippen LogP contribution in [0.1, 0.15) is 11.7 Å². The lowest BCUT2D eigenvalue weighted by Gasteiger charge is -2.15. The fourth-order valence-corrected chi connectivity index (χ4v) is 1.15. The second-order valence-corrected chi connectivity index (χ2v) is 3.37. The van der Waals surface area contributed by atoms with E-state index in [0.29, 0.717) is 6.54 Å². The van der Waals surface area contributed by atoms with Gasteiger partial charge in [0.25, 0.3) is 0 Å². The highest BCUT2D eigenvalue weighted by Gasteiger charge is 2.07. The van der Waals surface area contributed by atoms with Crippen molar-refractivity contribution in [3.63, 3.8) is 0 Å². The Morgan fingerprint density at radius 1 is 1.23 bits per heavy atom. The largest absolute Gasteiger partial charge is 0.508 e. The van der Waals surface area contributed by atoms with Crippen LogP contribution >= 0.6 is 0 Å². The van der Waals surface area contributed by atoms with E-state index in [-0.39, 0.29) is 5.75 Å². The third kappa shape index (κ3) is 3.05. The minimum atomic E-state index is -0.490. The van der Waals surface area contributed by atoms with Crippen LogP contribution in [0.5, 0.6) is 5.75 Å². The molecule has 1 aromatic rings. The molecule has 0 unspecified atom stereocenters. The molecule has 0 bridgehead atoms. The average molecular weight is 181 g/mol. The van der Waals surface area contributed by atoms with E-state index in [0.717, 1.165) is 5.56 Å². The van der Waals surface area contributed by atoms with Crippen LogP contribution in [0.3, 0.4) is 0 Å². The maximum absolute atomic E-state index is 9.66. The Bertz CT molecular complexity index is 256. The van der Waals surface area contributed by atoms with Crippen molar-refractivity contribution in [3.8, 4) is 5.75 Å². The quantitative estimate of drug-likeness (QED) is 0.730. The van der Waals surface area contributed by atoms with Crippen LogP contribution in [0.15, 0.2) is 24.3 Å². The molecule has 0 radical (unpaired) electrons. The van der Waals surface area contributed by atoms with E-state index >= 15 is 0 Å². The molecule has 0 saturated carbocycles. The summed E-state index contributed by atoms with van der Waals surface area (Å²) in [6.45, 7) is 0.588. The maximum atomic E-state index is 9.66. The highest BCUT2D eigenvalue weighted by molar-refractivity contribution is 5.27. The molecule has 0 fully saturated rings. The van der Waals surface area contributed by atoms with E-state index < -0.39 is 6.10 Å². The Morgan fingerprint density at radius 3 is 2.23 bits per heavy atom. The number of phenols is 1. The number of aliphatic hydroxyl groups is 1. The zero-order chi connectivity index (χ0) is 9.84. The fraction of sp³-hybridized carbons (Fsp3) is 0.400. The number of benzene rings is 1. The molecule has 0 saturated heterocycles. The number of rotatable bonds is 3. The first kappa shape index (κ1) is 10.0. The van der Waals surface area contributed by atoms with Gasteiger partial charge in [0.05, 0.1) is 6.10 Å². The highest BCUT2D eigenvalue weighted by Crippen LogP contribution is 2.16. The summed E-state index contributed by atoms with van der Waals surface area (Å²) in [5, 5.41) is 18.7. The second-order valence-electron chi connectivity index (χ2n) is 3.37. The van der Waals surface area contributed by atoms with Crippen molar-refractivity contribution in [2.24, 2.45) is 0 Å². The molecule has 1 aromatic carbocycles. The van der Waals surface area contributed by atoms with Crippen molar-refractivity contribution in [1.82, 2.24) is 4.90 Å². The number of phenolic OH excluding ortho intramolecular Hbond substituents is 1. The fourth-order valence-electron chi connectivity index (χ4n) is 1.15. The molecule has 1 rings (SSSR count). The summed E-state index contributed by atoms with van der Waals surface area (Å²) in [7, 11) is 3.81. The molecule has 2 N–H and O–H groups in total. The number of likely N-dealkylation sites (N-methyl/N-ethyl adjacent to an activating group) is 1. The van der Waals surface area contributed by atoms with Gasteiger partial charge in [-0.2, -0.15) is 0 Å². The van der Waals surface area contributed by atoms with E-state index in [1.807, 2.05) is 19.0 Å². The van der Waals surface area contributed by atoms with Gasteiger partial charge in [0, 0.05) is 6.54 Å². The normalized spacial score (nSPS) is 13.2. The summed E-state index contributed by atoms with van der Waals surface area (Å²) in [6.07, 6.45) is -0.490. The molecule has 3 nitrogen and oxygen atoms in total.